The number of nitrogens with two attached hydrogens (primary N) is 1. The summed E-state index contributed by atoms with van der Waals surface area (Å²) in [6, 6.07) is 4.67. The molecule has 0 aromatic heterocycles. The summed E-state index contributed by atoms with van der Waals surface area (Å²) in [4.78, 5) is 2.21. The van der Waals surface area contributed by atoms with Crippen molar-refractivity contribution in [2.75, 3.05) is 26.7 Å². The van der Waals surface area contributed by atoms with Crippen LogP contribution >= 0.6 is 15.9 Å². The molecule has 1 fully saturated rings. The molecule has 1 heterocycles. The van der Waals surface area contributed by atoms with Crippen molar-refractivity contribution in [2.45, 2.75) is 12.1 Å². The Labute approximate surface area is 109 Å². The molecule has 17 heavy (non-hydrogen) atoms. The Kier molecular flexibility index (Phi) is 4.14. The lowest BCUT2D eigenvalue weighted by atomic mass is 9.98. The second-order valence-corrected chi connectivity index (χ2v) is 5.43. The summed E-state index contributed by atoms with van der Waals surface area (Å²) in [5, 5.41) is 3.35. The van der Waals surface area contributed by atoms with Crippen LogP contribution in [0, 0.1) is 5.82 Å². The van der Waals surface area contributed by atoms with E-state index >= 15 is 0 Å². The van der Waals surface area contributed by atoms with Gasteiger partial charge in [-0.15, -0.1) is 0 Å². The summed E-state index contributed by atoms with van der Waals surface area (Å²) in [6.07, 6.45) is 0. The number of halogens is 2. The lowest BCUT2D eigenvalue weighted by Crippen LogP contribution is -2.53. The summed E-state index contributed by atoms with van der Waals surface area (Å²) in [7, 11) is 2.05. The van der Waals surface area contributed by atoms with Crippen LogP contribution in [0.5, 0.6) is 0 Å². The minimum atomic E-state index is -0.324. The van der Waals surface area contributed by atoms with E-state index in [1.807, 2.05) is 0 Å². The van der Waals surface area contributed by atoms with E-state index in [-0.39, 0.29) is 17.9 Å². The van der Waals surface area contributed by atoms with Gasteiger partial charge in [-0.3, -0.25) is 0 Å². The first-order valence-electron chi connectivity index (χ1n) is 5.70. The Morgan fingerprint density at radius 3 is 3.06 bits per heavy atom. The molecule has 0 aliphatic carbocycles. The number of nitrogens with zero attached hydrogens (tertiary/aromatic N) is 1. The molecule has 94 valence electrons. The number of nitrogens with one attached hydrogen (secondary N) is 1. The number of piperazine rings is 1. The predicted octanol–water partition coefficient (Wildman–Crippen LogP) is 1.49. The highest BCUT2D eigenvalue weighted by molar-refractivity contribution is 9.10. The zero-order valence-corrected chi connectivity index (χ0v) is 11.4. The van der Waals surface area contributed by atoms with Gasteiger partial charge in [-0.1, -0.05) is 15.9 Å². The number of hydrogen-bond acceptors (Lipinski definition) is 3. The Hall–Kier alpha value is -0.490. The molecule has 1 aromatic carbocycles. The van der Waals surface area contributed by atoms with Crippen LogP contribution in [-0.2, 0) is 0 Å². The highest BCUT2D eigenvalue weighted by Gasteiger charge is 2.25. The van der Waals surface area contributed by atoms with Crippen LogP contribution in [0.1, 0.15) is 11.6 Å². The largest absolute Gasteiger partial charge is 0.323 e. The van der Waals surface area contributed by atoms with Crippen molar-refractivity contribution in [1.82, 2.24) is 10.2 Å². The van der Waals surface area contributed by atoms with Crippen LogP contribution in [0.4, 0.5) is 4.39 Å². The third-order valence-corrected chi connectivity index (χ3v) is 3.65. The molecule has 1 aliphatic heterocycles. The van der Waals surface area contributed by atoms with Gasteiger partial charge in [0, 0.05) is 41.8 Å². The van der Waals surface area contributed by atoms with Gasteiger partial charge in [0.05, 0.1) is 0 Å². The minimum absolute atomic E-state index is 0.0950. The van der Waals surface area contributed by atoms with Crippen molar-refractivity contribution in [3.8, 4) is 0 Å². The van der Waals surface area contributed by atoms with Gasteiger partial charge in [-0.05, 0) is 25.2 Å². The average Bonchev–Trinajstić information content (AvgIpc) is 2.31. The molecule has 0 saturated carbocycles. The van der Waals surface area contributed by atoms with Crippen LogP contribution in [0.25, 0.3) is 0 Å². The fourth-order valence-corrected chi connectivity index (χ4v) is 2.54. The van der Waals surface area contributed by atoms with E-state index in [9.17, 15) is 4.39 Å². The van der Waals surface area contributed by atoms with Crippen molar-refractivity contribution in [3.63, 3.8) is 0 Å². The molecular formula is C12H17BrFN3. The van der Waals surface area contributed by atoms with Crippen LogP contribution in [0.15, 0.2) is 22.7 Å². The Balaban J connectivity index is 2.18. The third-order valence-electron chi connectivity index (χ3n) is 3.16. The standard InChI is InChI=1S/C12H17BrFN3/c1-17-5-4-16-11(7-17)12(15)9-6-8(13)2-3-10(9)14/h2-3,6,11-12,16H,4-5,7,15H2,1H3. The molecular weight excluding hydrogens is 285 g/mol. The molecule has 0 spiro atoms. The van der Waals surface area contributed by atoms with Gasteiger partial charge in [0.2, 0.25) is 0 Å². The molecule has 2 rings (SSSR count). The Morgan fingerprint density at radius 1 is 1.59 bits per heavy atom. The lowest BCUT2D eigenvalue weighted by molar-refractivity contribution is 0.218. The smallest absolute Gasteiger partial charge is 0.128 e. The fraction of sp³-hybridized carbons (Fsp3) is 0.500. The fourth-order valence-electron chi connectivity index (χ4n) is 2.16. The minimum Gasteiger partial charge on any atom is -0.323 e. The molecule has 0 amide bonds. The second-order valence-electron chi connectivity index (χ2n) is 4.51. The van der Waals surface area contributed by atoms with Gasteiger partial charge < -0.3 is 16.0 Å². The van der Waals surface area contributed by atoms with Crippen LogP contribution < -0.4 is 11.1 Å². The zero-order valence-electron chi connectivity index (χ0n) is 9.79. The number of benzene rings is 1. The van der Waals surface area contributed by atoms with E-state index in [1.54, 1.807) is 12.1 Å². The van der Waals surface area contributed by atoms with Crippen molar-refractivity contribution in [2.24, 2.45) is 5.73 Å². The Bertz CT molecular complexity index is 399. The first-order chi connectivity index (χ1) is 8.08. The maximum absolute atomic E-state index is 13.7. The van der Waals surface area contributed by atoms with Gasteiger partial charge in [-0.25, -0.2) is 4.39 Å². The zero-order chi connectivity index (χ0) is 12.4. The summed E-state index contributed by atoms with van der Waals surface area (Å²) < 4.78 is 14.6. The van der Waals surface area contributed by atoms with Crippen molar-refractivity contribution >= 4 is 15.9 Å². The van der Waals surface area contributed by atoms with E-state index in [1.165, 1.54) is 6.07 Å². The van der Waals surface area contributed by atoms with Crippen molar-refractivity contribution in [3.05, 3.63) is 34.1 Å². The van der Waals surface area contributed by atoms with Crippen molar-refractivity contribution in [1.29, 1.82) is 0 Å². The normalized spacial score (nSPS) is 23.6. The highest BCUT2D eigenvalue weighted by atomic mass is 79.9. The topological polar surface area (TPSA) is 41.3 Å². The van der Waals surface area contributed by atoms with Crippen LogP contribution in [0.3, 0.4) is 0 Å². The van der Waals surface area contributed by atoms with E-state index in [4.69, 9.17) is 5.73 Å². The highest BCUT2D eigenvalue weighted by Crippen LogP contribution is 2.23. The van der Waals surface area contributed by atoms with Gasteiger partial charge in [0.1, 0.15) is 5.82 Å². The number of rotatable bonds is 2. The second kappa shape index (κ2) is 5.44. The summed E-state index contributed by atoms with van der Waals surface area (Å²) in [5.74, 6) is -0.240. The first kappa shape index (κ1) is 13.0. The van der Waals surface area contributed by atoms with E-state index in [0.29, 0.717) is 5.56 Å². The third kappa shape index (κ3) is 3.04. The number of likely N-dealkylation sites (N-methyl/N-ethyl adjacent to an activating group) is 1. The maximum atomic E-state index is 13.7. The van der Waals surface area contributed by atoms with Crippen LogP contribution in [-0.4, -0.2) is 37.6 Å². The van der Waals surface area contributed by atoms with E-state index in [2.05, 4.69) is 33.2 Å². The van der Waals surface area contributed by atoms with E-state index in [0.717, 1.165) is 24.1 Å². The van der Waals surface area contributed by atoms with Gasteiger partial charge in [0.15, 0.2) is 0 Å². The molecule has 1 aliphatic rings. The summed E-state index contributed by atoms with van der Waals surface area (Å²) in [6.45, 7) is 2.74. The molecule has 0 bridgehead atoms. The van der Waals surface area contributed by atoms with Gasteiger partial charge in [-0.2, -0.15) is 0 Å². The molecule has 3 nitrogen and oxygen atoms in total. The van der Waals surface area contributed by atoms with Gasteiger partial charge >= 0.3 is 0 Å². The monoisotopic (exact) mass is 301 g/mol. The first-order valence-corrected chi connectivity index (χ1v) is 6.49. The molecule has 5 heteroatoms. The molecule has 1 aromatic rings. The average molecular weight is 302 g/mol. The van der Waals surface area contributed by atoms with Gasteiger partial charge in [0.25, 0.3) is 0 Å². The predicted molar refractivity (Wildman–Crippen MR) is 70.3 cm³/mol. The van der Waals surface area contributed by atoms with Crippen LogP contribution in [0.2, 0.25) is 0 Å². The maximum Gasteiger partial charge on any atom is 0.128 e. The summed E-state index contributed by atoms with van der Waals surface area (Å²) in [5.41, 5.74) is 6.71. The lowest BCUT2D eigenvalue weighted by Gasteiger charge is -2.34. The molecule has 1 saturated heterocycles. The molecule has 2 atom stereocenters. The summed E-state index contributed by atoms with van der Waals surface area (Å²) >= 11 is 3.35. The SMILES string of the molecule is CN1CCNC(C(N)c2cc(Br)ccc2F)C1. The van der Waals surface area contributed by atoms with E-state index < -0.39 is 0 Å². The van der Waals surface area contributed by atoms with Crippen molar-refractivity contribution < 1.29 is 4.39 Å². The Morgan fingerprint density at radius 2 is 2.35 bits per heavy atom. The molecule has 0 radical (unpaired) electrons. The number of hydrogen-bond donors (Lipinski definition) is 2. The molecule has 3 N–H and O–H groups in total. The quantitative estimate of drug-likeness (QED) is 0.870. The molecule has 2 unspecified atom stereocenters.